The van der Waals surface area contributed by atoms with Crippen molar-refractivity contribution in [2.24, 2.45) is 4.99 Å². The van der Waals surface area contributed by atoms with Crippen LogP contribution < -0.4 is 0 Å². The first-order valence-electron chi connectivity index (χ1n) is 10.1. The highest BCUT2D eigenvalue weighted by atomic mass is 16.5. The zero-order valence-corrected chi connectivity index (χ0v) is 18.0. The summed E-state index contributed by atoms with van der Waals surface area (Å²) in [5.41, 5.74) is 5.95. The van der Waals surface area contributed by atoms with Crippen LogP contribution in [0.25, 0.3) is 22.6 Å². The van der Waals surface area contributed by atoms with Gasteiger partial charge >= 0.3 is 5.97 Å². The molecule has 0 fully saturated rings. The maximum absolute atomic E-state index is 11.5. The molecule has 0 saturated carbocycles. The van der Waals surface area contributed by atoms with E-state index in [4.69, 9.17) is 9.15 Å². The SMILES string of the molecule is COC(=O)c1ccc(C=Nc2ccc3oc(-c4ccc(C(C)(C)C)cc4)nc3c2)cc1. The molecule has 0 unspecified atom stereocenters. The molecule has 0 aliphatic carbocycles. The average Bonchev–Trinajstić information content (AvgIpc) is 3.20. The molecule has 3 aromatic carbocycles. The lowest BCUT2D eigenvalue weighted by molar-refractivity contribution is 0.0600. The first-order valence-corrected chi connectivity index (χ1v) is 10.1. The standard InChI is InChI=1S/C26H24N2O3/c1-26(2,3)20-11-9-18(10-12-20)24-28-22-15-21(13-14-23(22)31-24)27-16-17-5-7-19(8-6-17)25(29)30-4/h5-16H,1-4H3. The van der Waals surface area contributed by atoms with Gasteiger partial charge in [0.2, 0.25) is 5.89 Å². The predicted octanol–water partition coefficient (Wildman–Crippen LogP) is 6.33. The third kappa shape index (κ3) is 4.56. The van der Waals surface area contributed by atoms with Gasteiger partial charge in [-0.05, 0) is 59.0 Å². The van der Waals surface area contributed by atoms with Crippen LogP contribution in [0.1, 0.15) is 42.3 Å². The summed E-state index contributed by atoms with van der Waals surface area (Å²) in [6.45, 7) is 6.57. The molecule has 4 aromatic rings. The van der Waals surface area contributed by atoms with Gasteiger partial charge in [-0.1, -0.05) is 45.0 Å². The van der Waals surface area contributed by atoms with Crippen LogP contribution in [0.3, 0.4) is 0 Å². The van der Waals surface area contributed by atoms with Gasteiger partial charge in [0.05, 0.1) is 18.4 Å². The number of ether oxygens (including phenoxy) is 1. The third-order valence-electron chi connectivity index (χ3n) is 5.06. The number of aliphatic imine (C=N–C) groups is 1. The summed E-state index contributed by atoms with van der Waals surface area (Å²) in [5.74, 6) is 0.235. The van der Waals surface area contributed by atoms with Crippen molar-refractivity contribution in [1.29, 1.82) is 0 Å². The average molecular weight is 412 g/mol. The number of oxazole rings is 1. The van der Waals surface area contributed by atoms with Gasteiger partial charge in [0.25, 0.3) is 0 Å². The van der Waals surface area contributed by atoms with Crippen LogP contribution in [0.15, 0.2) is 76.1 Å². The minimum atomic E-state index is -0.358. The van der Waals surface area contributed by atoms with Gasteiger partial charge in [-0.2, -0.15) is 0 Å². The van der Waals surface area contributed by atoms with Crippen LogP contribution in [0.4, 0.5) is 5.69 Å². The van der Waals surface area contributed by atoms with E-state index in [2.05, 4.69) is 42.9 Å². The number of benzene rings is 3. The number of rotatable bonds is 4. The van der Waals surface area contributed by atoms with E-state index in [1.54, 1.807) is 18.3 Å². The minimum Gasteiger partial charge on any atom is -0.465 e. The number of fused-ring (bicyclic) bond motifs is 1. The third-order valence-corrected chi connectivity index (χ3v) is 5.06. The molecule has 0 atom stereocenters. The summed E-state index contributed by atoms with van der Waals surface area (Å²) in [4.78, 5) is 20.7. The lowest BCUT2D eigenvalue weighted by Gasteiger charge is -2.18. The molecule has 0 N–H and O–H groups in total. The van der Waals surface area contributed by atoms with Crippen LogP contribution in [-0.4, -0.2) is 24.3 Å². The Morgan fingerprint density at radius 3 is 2.35 bits per heavy atom. The van der Waals surface area contributed by atoms with Gasteiger partial charge < -0.3 is 9.15 Å². The fourth-order valence-corrected chi connectivity index (χ4v) is 3.20. The van der Waals surface area contributed by atoms with Gasteiger partial charge in [-0.25, -0.2) is 9.78 Å². The van der Waals surface area contributed by atoms with Crippen LogP contribution >= 0.6 is 0 Å². The Bertz CT molecular complexity index is 1240. The topological polar surface area (TPSA) is 64.7 Å². The van der Waals surface area contributed by atoms with Crippen molar-refractivity contribution in [1.82, 2.24) is 4.98 Å². The highest BCUT2D eigenvalue weighted by molar-refractivity contribution is 5.91. The number of nitrogens with zero attached hydrogens (tertiary/aromatic N) is 2. The number of aromatic nitrogens is 1. The monoisotopic (exact) mass is 412 g/mol. The molecule has 0 bridgehead atoms. The lowest BCUT2D eigenvalue weighted by atomic mass is 9.87. The largest absolute Gasteiger partial charge is 0.465 e. The van der Waals surface area contributed by atoms with Crippen LogP contribution in [0.2, 0.25) is 0 Å². The molecule has 0 saturated heterocycles. The van der Waals surface area contributed by atoms with Crippen LogP contribution in [0, 0.1) is 0 Å². The molecule has 156 valence electrons. The summed E-state index contributed by atoms with van der Waals surface area (Å²) in [5, 5.41) is 0. The molecule has 1 aromatic heterocycles. The van der Waals surface area contributed by atoms with E-state index in [1.165, 1.54) is 12.7 Å². The highest BCUT2D eigenvalue weighted by Gasteiger charge is 2.14. The van der Waals surface area contributed by atoms with Crippen molar-refractivity contribution >= 4 is 29.0 Å². The number of carbonyl (C=O) groups is 1. The van der Waals surface area contributed by atoms with E-state index in [9.17, 15) is 4.79 Å². The van der Waals surface area contributed by atoms with Gasteiger partial charge in [-0.3, -0.25) is 4.99 Å². The second-order valence-corrected chi connectivity index (χ2v) is 8.37. The quantitative estimate of drug-likeness (QED) is 0.290. The molecule has 0 radical (unpaired) electrons. The number of carbonyl (C=O) groups excluding carboxylic acids is 1. The Kier molecular flexibility index (Phi) is 5.42. The normalized spacial score (nSPS) is 11.9. The van der Waals surface area contributed by atoms with E-state index in [-0.39, 0.29) is 11.4 Å². The zero-order valence-electron chi connectivity index (χ0n) is 18.0. The number of hydrogen-bond donors (Lipinski definition) is 0. The molecule has 0 aliphatic rings. The molecule has 4 rings (SSSR count). The molecule has 0 aliphatic heterocycles. The molecule has 31 heavy (non-hydrogen) atoms. The van der Waals surface area contributed by atoms with Crippen molar-refractivity contribution in [3.63, 3.8) is 0 Å². The number of hydrogen-bond acceptors (Lipinski definition) is 5. The fraction of sp³-hybridized carbons (Fsp3) is 0.192. The van der Waals surface area contributed by atoms with Gasteiger partial charge in [0.1, 0.15) is 5.52 Å². The van der Waals surface area contributed by atoms with E-state index in [0.717, 1.165) is 27.9 Å². The lowest BCUT2D eigenvalue weighted by Crippen LogP contribution is -2.10. The van der Waals surface area contributed by atoms with Gasteiger partial charge in [-0.15, -0.1) is 0 Å². The van der Waals surface area contributed by atoms with Gasteiger partial charge in [0.15, 0.2) is 5.58 Å². The number of esters is 1. The van der Waals surface area contributed by atoms with Crippen LogP contribution in [0.5, 0.6) is 0 Å². The van der Waals surface area contributed by atoms with Crippen molar-refractivity contribution in [2.45, 2.75) is 26.2 Å². The first kappa shape index (κ1) is 20.5. The van der Waals surface area contributed by atoms with Crippen molar-refractivity contribution in [3.05, 3.63) is 83.4 Å². The minimum absolute atomic E-state index is 0.104. The molecular weight excluding hydrogens is 388 g/mol. The highest BCUT2D eigenvalue weighted by Crippen LogP contribution is 2.29. The molecule has 0 amide bonds. The van der Waals surface area contributed by atoms with E-state index in [0.29, 0.717) is 11.5 Å². The van der Waals surface area contributed by atoms with Crippen LogP contribution in [-0.2, 0) is 10.2 Å². The summed E-state index contributed by atoms with van der Waals surface area (Å²) in [6, 6.07) is 21.1. The second-order valence-electron chi connectivity index (χ2n) is 8.37. The summed E-state index contributed by atoms with van der Waals surface area (Å²) in [7, 11) is 1.37. The Balaban J connectivity index is 1.55. The molecular formula is C26H24N2O3. The first-order chi connectivity index (χ1) is 14.8. The molecule has 0 spiro atoms. The Hall–Kier alpha value is -3.73. The maximum atomic E-state index is 11.5. The summed E-state index contributed by atoms with van der Waals surface area (Å²) >= 11 is 0. The second kappa shape index (κ2) is 8.19. The van der Waals surface area contributed by atoms with E-state index in [1.807, 2.05) is 42.5 Å². The fourth-order valence-electron chi connectivity index (χ4n) is 3.20. The predicted molar refractivity (Wildman–Crippen MR) is 123 cm³/mol. The van der Waals surface area contributed by atoms with Gasteiger partial charge in [0, 0.05) is 11.8 Å². The molecule has 5 heteroatoms. The zero-order chi connectivity index (χ0) is 22.0. The van der Waals surface area contributed by atoms with E-state index >= 15 is 0 Å². The van der Waals surface area contributed by atoms with E-state index < -0.39 is 0 Å². The van der Waals surface area contributed by atoms with Crippen molar-refractivity contribution < 1.29 is 13.9 Å². The maximum Gasteiger partial charge on any atom is 0.337 e. The summed E-state index contributed by atoms with van der Waals surface area (Å²) < 4.78 is 10.6. The Labute approximate surface area is 181 Å². The smallest absolute Gasteiger partial charge is 0.337 e. The Morgan fingerprint density at radius 1 is 1.00 bits per heavy atom. The molecule has 5 nitrogen and oxygen atoms in total. The molecule has 1 heterocycles. The summed E-state index contributed by atoms with van der Waals surface area (Å²) in [6.07, 6.45) is 1.74. The van der Waals surface area contributed by atoms with Crippen molar-refractivity contribution in [3.8, 4) is 11.5 Å². The number of methoxy groups -OCH3 is 1. The Morgan fingerprint density at radius 2 is 1.71 bits per heavy atom. The van der Waals surface area contributed by atoms with Crippen molar-refractivity contribution in [2.75, 3.05) is 7.11 Å².